The second-order valence-corrected chi connectivity index (χ2v) is 8.99. The molecular weight excluding hydrogens is 506 g/mol. The minimum atomic E-state index is -4.69. The van der Waals surface area contributed by atoms with Gasteiger partial charge in [0.05, 0.1) is 35.5 Å². The number of anilines is 3. The summed E-state index contributed by atoms with van der Waals surface area (Å²) in [5.41, 5.74) is -0.683. The smallest absolute Gasteiger partial charge is 0.355 e. The van der Waals surface area contributed by atoms with Crippen LogP contribution in [0.4, 0.5) is 43.7 Å². The van der Waals surface area contributed by atoms with Gasteiger partial charge in [-0.05, 0) is 30.5 Å². The third kappa shape index (κ3) is 6.60. The highest BCUT2D eigenvalue weighted by Gasteiger charge is 2.41. The molecule has 2 aromatic rings. The molecule has 2 fully saturated rings. The van der Waals surface area contributed by atoms with Crippen LogP contribution in [0.25, 0.3) is 0 Å². The molecule has 1 aromatic carbocycles. The number of piperidine rings is 1. The number of carbonyl (C=O) groups is 2. The molecular formula is C23H24F6N6O2. The molecule has 0 saturated carbocycles. The van der Waals surface area contributed by atoms with E-state index in [0.717, 1.165) is 6.07 Å². The molecule has 2 saturated heterocycles. The summed E-state index contributed by atoms with van der Waals surface area (Å²) in [6, 6.07) is 3.55. The van der Waals surface area contributed by atoms with Crippen molar-refractivity contribution in [2.24, 2.45) is 11.8 Å². The van der Waals surface area contributed by atoms with E-state index in [-0.39, 0.29) is 68.5 Å². The van der Waals surface area contributed by atoms with Crippen LogP contribution in [0.2, 0.25) is 0 Å². The van der Waals surface area contributed by atoms with Gasteiger partial charge in [0.2, 0.25) is 17.8 Å². The lowest BCUT2D eigenvalue weighted by atomic mass is 9.96. The number of halogens is 6. The van der Waals surface area contributed by atoms with Gasteiger partial charge in [0.15, 0.2) is 0 Å². The standard InChI is InChI=1S/C23H24F6N6O2/c24-22(25,26)15-3-5-35(6-4-15)21-32-11-17(12-33-21)34-16-2-1-13(18(8-16)23(27,28)29)9-31-20(37)14-7-19(36)30-10-14/h1-2,8,11-12,14-15,34H,3-7,9-10H2,(H,30,36)(H,31,37). The molecule has 4 rings (SSSR count). The van der Waals surface area contributed by atoms with Crippen LogP contribution in [0.1, 0.15) is 30.4 Å². The maximum absolute atomic E-state index is 13.7. The number of hydrogen-bond acceptors (Lipinski definition) is 6. The number of nitrogens with one attached hydrogen (secondary N) is 3. The van der Waals surface area contributed by atoms with Crippen molar-refractivity contribution in [2.75, 3.05) is 29.9 Å². The second kappa shape index (κ2) is 10.4. The summed E-state index contributed by atoms with van der Waals surface area (Å²) in [7, 11) is 0. The van der Waals surface area contributed by atoms with Gasteiger partial charge in [0, 0.05) is 38.3 Å². The number of carbonyl (C=O) groups excluding carboxylic acids is 2. The third-order valence-electron chi connectivity index (χ3n) is 6.38. The summed E-state index contributed by atoms with van der Waals surface area (Å²) in [4.78, 5) is 33.3. The molecule has 200 valence electrons. The van der Waals surface area contributed by atoms with E-state index < -0.39 is 35.7 Å². The van der Waals surface area contributed by atoms with Crippen molar-refractivity contribution in [1.82, 2.24) is 20.6 Å². The number of rotatable bonds is 6. The van der Waals surface area contributed by atoms with E-state index in [0.29, 0.717) is 5.69 Å². The zero-order valence-electron chi connectivity index (χ0n) is 19.4. The fourth-order valence-corrected chi connectivity index (χ4v) is 4.31. The number of amides is 2. The summed E-state index contributed by atoms with van der Waals surface area (Å²) < 4.78 is 79.7. The molecule has 2 aliphatic rings. The van der Waals surface area contributed by atoms with Crippen LogP contribution in [0, 0.1) is 11.8 Å². The zero-order valence-corrected chi connectivity index (χ0v) is 19.4. The Labute approximate surface area is 207 Å². The molecule has 0 bridgehead atoms. The SMILES string of the molecule is O=C1CC(C(=O)NCc2ccc(Nc3cnc(N4CCC(C(F)(F)F)CC4)nc3)cc2C(F)(F)F)CN1. The van der Waals surface area contributed by atoms with Crippen molar-refractivity contribution >= 4 is 29.1 Å². The van der Waals surface area contributed by atoms with Gasteiger partial charge < -0.3 is 20.9 Å². The molecule has 3 heterocycles. The molecule has 2 aliphatic heterocycles. The van der Waals surface area contributed by atoms with E-state index in [9.17, 15) is 35.9 Å². The van der Waals surface area contributed by atoms with Gasteiger partial charge in [-0.1, -0.05) is 6.07 Å². The Balaban J connectivity index is 1.39. The second-order valence-electron chi connectivity index (χ2n) is 8.99. The monoisotopic (exact) mass is 530 g/mol. The Morgan fingerprint density at radius 2 is 1.73 bits per heavy atom. The normalized spacial score (nSPS) is 19.0. The Morgan fingerprint density at radius 1 is 1.05 bits per heavy atom. The van der Waals surface area contributed by atoms with Crippen LogP contribution in [0.15, 0.2) is 30.6 Å². The molecule has 1 unspecified atom stereocenters. The number of benzene rings is 1. The van der Waals surface area contributed by atoms with Gasteiger partial charge in [-0.15, -0.1) is 0 Å². The third-order valence-corrected chi connectivity index (χ3v) is 6.38. The quantitative estimate of drug-likeness (QED) is 0.492. The summed E-state index contributed by atoms with van der Waals surface area (Å²) in [6.45, 7) is 0.0861. The van der Waals surface area contributed by atoms with Gasteiger partial charge >= 0.3 is 12.4 Å². The lowest BCUT2D eigenvalue weighted by molar-refractivity contribution is -0.179. The largest absolute Gasteiger partial charge is 0.416 e. The van der Waals surface area contributed by atoms with Crippen LogP contribution >= 0.6 is 0 Å². The van der Waals surface area contributed by atoms with Crippen LogP contribution in [-0.2, 0) is 22.3 Å². The van der Waals surface area contributed by atoms with Crippen molar-refractivity contribution < 1.29 is 35.9 Å². The van der Waals surface area contributed by atoms with Gasteiger partial charge in [0.25, 0.3) is 0 Å². The van der Waals surface area contributed by atoms with Gasteiger partial charge in [-0.3, -0.25) is 9.59 Å². The molecule has 8 nitrogen and oxygen atoms in total. The first kappa shape index (κ1) is 26.5. The molecule has 2 amide bonds. The molecule has 1 atom stereocenters. The molecule has 3 N–H and O–H groups in total. The zero-order chi connectivity index (χ0) is 26.8. The Kier molecular flexibility index (Phi) is 7.46. The van der Waals surface area contributed by atoms with E-state index in [1.165, 1.54) is 24.5 Å². The van der Waals surface area contributed by atoms with Gasteiger partial charge in [-0.25, -0.2) is 9.97 Å². The Morgan fingerprint density at radius 3 is 2.30 bits per heavy atom. The maximum atomic E-state index is 13.7. The van der Waals surface area contributed by atoms with Crippen molar-refractivity contribution in [3.63, 3.8) is 0 Å². The molecule has 0 spiro atoms. The van der Waals surface area contributed by atoms with Crippen LogP contribution in [0.3, 0.4) is 0 Å². The van der Waals surface area contributed by atoms with E-state index in [4.69, 9.17) is 0 Å². The van der Waals surface area contributed by atoms with Crippen molar-refractivity contribution in [3.8, 4) is 0 Å². The maximum Gasteiger partial charge on any atom is 0.416 e. The Hall–Kier alpha value is -3.58. The predicted molar refractivity (Wildman–Crippen MR) is 121 cm³/mol. The number of nitrogens with zero attached hydrogens (tertiary/aromatic N) is 3. The average Bonchev–Trinajstić information content (AvgIpc) is 3.29. The van der Waals surface area contributed by atoms with Gasteiger partial charge in [0.1, 0.15) is 0 Å². The van der Waals surface area contributed by atoms with E-state index in [2.05, 4.69) is 25.9 Å². The average molecular weight is 530 g/mol. The highest BCUT2D eigenvalue weighted by Crippen LogP contribution is 2.36. The Bertz CT molecular complexity index is 1130. The molecule has 37 heavy (non-hydrogen) atoms. The van der Waals surface area contributed by atoms with Gasteiger partial charge in [-0.2, -0.15) is 26.3 Å². The molecule has 0 aliphatic carbocycles. The predicted octanol–water partition coefficient (Wildman–Crippen LogP) is 3.77. The molecule has 1 aromatic heterocycles. The topological polar surface area (TPSA) is 99.2 Å². The van der Waals surface area contributed by atoms with Crippen LogP contribution in [-0.4, -0.2) is 47.6 Å². The summed E-state index contributed by atoms with van der Waals surface area (Å²) in [5.74, 6) is -2.52. The number of aromatic nitrogens is 2. The first-order chi connectivity index (χ1) is 17.4. The fourth-order valence-electron chi connectivity index (χ4n) is 4.31. The van der Waals surface area contributed by atoms with Crippen LogP contribution in [0.5, 0.6) is 0 Å². The van der Waals surface area contributed by atoms with Crippen molar-refractivity contribution in [1.29, 1.82) is 0 Å². The van der Waals surface area contributed by atoms with E-state index >= 15 is 0 Å². The lowest BCUT2D eigenvalue weighted by Crippen LogP contribution is -2.39. The van der Waals surface area contributed by atoms with E-state index in [1.807, 2.05) is 0 Å². The highest BCUT2D eigenvalue weighted by atomic mass is 19.4. The number of alkyl halides is 6. The summed E-state index contributed by atoms with van der Waals surface area (Å²) >= 11 is 0. The number of hydrogen-bond donors (Lipinski definition) is 3. The molecule has 0 radical (unpaired) electrons. The lowest BCUT2D eigenvalue weighted by Gasteiger charge is -2.32. The van der Waals surface area contributed by atoms with Crippen molar-refractivity contribution in [3.05, 3.63) is 41.7 Å². The highest BCUT2D eigenvalue weighted by molar-refractivity contribution is 5.89. The first-order valence-corrected chi connectivity index (χ1v) is 11.6. The molecule has 14 heteroatoms. The van der Waals surface area contributed by atoms with Crippen molar-refractivity contribution in [2.45, 2.75) is 38.2 Å². The minimum Gasteiger partial charge on any atom is -0.355 e. The minimum absolute atomic E-state index is 0.00643. The fraction of sp³-hybridized carbons (Fsp3) is 0.478. The summed E-state index contributed by atoms with van der Waals surface area (Å²) in [6.07, 6.45) is -6.36. The van der Waals surface area contributed by atoms with Crippen LogP contribution < -0.4 is 20.9 Å². The first-order valence-electron chi connectivity index (χ1n) is 11.6. The van der Waals surface area contributed by atoms with E-state index in [1.54, 1.807) is 4.90 Å². The summed E-state index contributed by atoms with van der Waals surface area (Å²) in [5, 5.41) is 7.74.